The van der Waals surface area contributed by atoms with Gasteiger partial charge in [-0.2, -0.15) is 0 Å². The fourth-order valence-corrected chi connectivity index (χ4v) is 2.18. The van der Waals surface area contributed by atoms with E-state index in [1.165, 1.54) is 6.07 Å². The lowest BCUT2D eigenvalue weighted by atomic mass is 9.96. The third kappa shape index (κ3) is 2.67. The monoisotopic (exact) mass is 251 g/mol. The van der Waals surface area contributed by atoms with Crippen molar-refractivity contribution in [3.63, 3.8) is 0 Å². The van der Waals surface area contributed by atoms with Gasteiger partial charge in [0.15, 0.2) is 0 Å². The van der Waals surface area contributed by atoms with Crippen LogP contribution in [0.25, 0.3) is 0 Å². The molecule has 1 fully saturated rings. The Bertz CT molecular complexity index is 490. The van der Waals surface area contributed by atoms with Crippen LogP contribution >= 0.6 is 0 Å². The van der Waals surface area contributed by atoms with Crippen molar-refractivity contribution in [2.45, 2.75) is 19.8 Å². The quantitative estimate of drug-likeness (QED) is 0.366. The number of carbonyl (C=O) groups excluding carboxylic acids is 1. The molecule has 98 valence electrons. The number of nitrogens with two attached hydrogens (primary N) is 1. The number of aromatic nitrogens is 2. The van der Waals surface area contributed by atoms with Crippen LogP contribution in [-0.4, -0.2) is 29.0 Å². The van der Waals surface area contributed by atoms with Gasteiger partial charge in [-0.25, -0.2) is 10.8 Å². The van der Waals surface area contributed by atoms with E-state index >= 15 is 0 Å². The number of hydrogen-bond donors (Lipinski definition) is 3. The van der Waals surface area contributed by atoms with Gasteiger partial charge in [-0.1, -0.05) is 0 Å². The highest BCUT2D eigenvalue weighted by atomic mass is 16.2. The van der Waals surface area contributed by atoms with Gasteiger partial charge in [0.2, 0.25) is 11.9 Å². The molecule has 0 bridgehead atoms. The van der Waals surface area contributed by atoms with Gasteiger partial charge in [0.1, 0.15) is 0 Å². The minimum Gasteiger partial charge on any atom is -0.342 e. The average Bonchev–Trinajstić information content (AvgIpc) is 2.37. The largest absolute Gasteiger partial charge is 0.342 e. The van der Waals surface area contributed by atoms with Crippen molar-refractivity contribution < 1.29 is 4.79 Å². The van der Waals surface area contributed by atoms with Crippen LogP contribution in [0.5, 0.6) is 0 Å². The summed E-state index contributed by atoms with van der Waals surface area (Å²) >= 11 is 0. The van der Waals surface area contributed by atoms with Crippen LogP contribution in [0, 0.1) is 12.8 Å². The van der Waals surface area contributed by atoms with E-state index in [4.69, 9.17) is 5.84 Å². The molecular formula is C11H17N5O2. The van der Waals surface area contributed by atoms with Crippen LogP contribution in [0.3, 0.4) is 0 Å². The van der Waals surface area contributed by atoms with Crippen molar-refractivity contribution in [2.24, 2.45) is 11.8 Å². The average molecular weight is 251 g/mol. The number of hydrazine groups is 1. The number of H-pyrrole nitrogens is 1. The fraction of sp³-hybridized carbons (Fsp3) is 0.545. The van der Waals surface area contributed by atoms with Crippen LogP contribution in [0.4, 0.5) is 5.95 Å². The lowest BCUT2D eigenvalue weighted by molar-refractivity contribution is -0.125. The van der Waals surface area contributed by atoms with Crippen LogP contribution in [-0.2, 0) is 4.79 Å². The Kier molecular flexibility index (Phi) is 3.61. The number of carbonyl (C=O) groups is 1. The molecule has 1 saturated heterocycles. The summed E-state index contributed by atoms with van der Waals surface area (Å²) in [4.78, 5) is 31.7. The Labute approximate surface area is 104 Å². The third-order valence-electron chi connectivity index (χ3n) is 3.16. The topological polar surface area (TPSA) is 104 Å². The van der Waals surface area contributed by atoms with E-state index in [0.717, 1.165) is 0 Å². The molecule has 7 heteroatoms. The Morgan fingerprint density at radius 3 is 2.78 bits per heavy atom. The Morgan fingerprint density at radius 1 is 1.56 bits per heavy atom. The zero-order valence-electron chi connectivity index (χ0n) is 10.3. The SMILES string of the molecule is Cc1cc(=O)[nH]c(N2CCC(C(=O)NN)CC2)n1. The Morgan fingerprint density at radius 2 is 2.22 bits per heavy atom. The van der Waals surface area contributed by atoms with Crippen LogP contribution in [0.2, 0.25) is 0 Å². The zero-order chi connectivity index (χ0) is 13.1. The van der Waals surface area contributed by atoms with E-state index < -0.39 is 0 Å². The molecule has 2 heterocycles. The van der Waals surface area contributed by atoms with Gasteiger partial charge in [0.05, 0.1) is 0 Å². The zero-order valence-corrected chi connectivity index (χ0v) is 10.3. The second kappa shape index (κ2) is 5.18. The maximum atomic E-state index is 11.4. The number of amides is 1. The van der Waals surface area contributed by atoms with E-state index in [2.05, 4.69) is 15.4 Å². The van der Waals surface area contributed by atoms with Gasteiger partial charge >= 0.3 is 0 Å². The summed E-state index contributed by atoms with van der Waals surface area (Å²) in [5, 5.41) is 0. The molecular weight excluding hydrogens is 234 g/mol. The molecule has 0 spiro atoms. The van der Waals surface area contributed by atoms with E-state index in [-0.39, 0.29) is 17.4 Å². The minimum atomic E-state index is -0.153. The van der Waals surface area contributed by atoms with Gasteiger partial charge in [-0.3, -0.25) is 20.0 Å². The molecule has 4 N–H and O–H groups in total. The van der Waals surface area contributed by atoms with Gasteiger partial charge in [0, 0.05) is 30.8 Å². The number of aromatic amines is 1. The maximum absolute atomic E-state index is 11.4. The highest BCUT2D eigenvalue weighted by Crippen LogP contribution is 2.19. The summed E-state index contributed by atoms with van der Waals surface area (Å²) in [5.41, 5.74) is 2.71. The minimum absolute atomic E-state index is 0.0530. The standard InChI is InChI=1S/C11H17N5O2/c1-7-6-9(17)14-11(13-7)16-4-2-8(3-5-16)10(18)15-12/h6,8H,2-5,12H2,1H3,(H,15,18)(H,13,14,17). The summed E-state index contributed by atoms with van der Waals surface area (Å²) < 4.78 is 0. The number of hydrogen-bond acceptors (Lipinski definition) is 5. The van der Waals surface area contributed by atoms with E-state index in [1.807, 2.05) is 4.90 Å². The van der Waals surface area contributed by atoms with Gasteiger partial charge in [-0.05, 0) is 19.8 Å². The predicted octanol–water partition coefficient (Wildman–Crippen LogP) is -0.715. The molecule has 0 aromatic carbocycles. The number of nitrogens with zero attached hydrogens (tertiary/aromatic N) is 2. The highest BCUT2D eigenvalue weighted by molar-refractivity contribution is 5.78. The van der Waals surface area contributed by atoms with Gasteiger partial charge < -0.3 is 4.90 Å². The molecule has 0 atom stereocenters. The number of anilines is 1. The summed E-state index contributed by atoms with van der Waals surface area (Å²) in [6, 6.07) is 1.46. The van der Waals surface area contributed by atoms with Crippen molar-refractivity contribution in [1.82, 2.24) is 15.4 Å². The summed E-state index contributed by atoms with van der Waals surface area (Å²) in [6.07, 6.45) is 1.42. The molecule has 18 heavy (non-hydrogen) atoms. The first-order chi connectivity index (χ1) is 8.60. The molecule has 1 aliphatic rings. The van der Waals surface area contributed by atoms with Crippen molar-refractivity contribution in [3.8, 4) is 0 Å². The number of piperidine rings is 1. The predicted molar refractivity (Wildman–Crippen MR) is 66.9 cm³/mol. The number of aryl methyl sites for hydroxylation is 1. The molecule has 1 aromatic rings. The van der Waals surface area contributed by atoms with E-state index in [9.17, 15) is 9.59 Å². The normalized spacial score (nSPS) is 16.7. The molecule has 1 aromatic heterocycles. The summed E-state index contributed by atoms with van der Waals surface area (Å²) in [5.74, 6) is 5.51. The van der Waals surface area contributed by atoms with Crippen molar-refractivity contribution >= 4 is 11.9 Å². The van der Waals surface area contributed by atoms with Crippen molar-refractivity contribution in [2.75, 3.05) is 18.0 Å². The second-order valence-electron chi connectivity index (χ2n) is 4.48. The van der Waals surface area contributed by atoms with Crippen molar-refractivity contribution in [1.29, 1.82) is 0 Å². The first-order valence-electron chi connectivity index (χ1n) is 5.93. The molecule has 1 amide bonds. The Hall–Kier alpha value is -1.89. The molecule has 0 unspecified atom stereocenters. The second-order valence-corrected chi connectivity index (χ2v) is 4.48. The molecule has 0 aliphatic carbocycles. The molecule has 0 radical (unpaired) electrons. The number of nitrogens with one attached hydrogen (secondary N) is 2. The lowest BCUT2D eigenvalue weighted by Gasteiger charge is -2.31. The summed E-state index contributed by atoms with van der Waals surface area (Å²) in [6.45, 7) is 3.16. The smallest absolute Gasteiger partial charge is 0.252 e. The van der Waals surface area contributed by atoms with Crippen LogP contribution in [0.1, 0.15) is 18.5 Å². The third-order valence-corrected chi connectivity index (χ3v) is 3.16. The van der Waals surface area contributed by atoms with E-state index in [1.54, 1.807) is 6.92 Å². The van der Waals surface area contributed by atoms with Crippen molar-refractivity contribution in [3.05, 3.63) is 22.1 Å². The van der Waals surface area contributed by atoms with Gasteiger partial charge in [0.25, 0.3) is 5.56 Å². The molecule has 2 rings (SSSR count). The number of rotatable bonds is 2. The fourth-order valence-electron chi connectivity index (χ4n) is 2.18. The highest BCUT2D eigenvalue weighted by Gasteiger charge is 2.25. The van der Waals surface area contributed by atoms with Crippen LogP contribution < -0.4 is 21.7 Å². The Balaban J connectivity index is 2.05. The molecule has 1 aliphatic heterocycles. The first-order valence-corrected chi connectivity index (χ1v) is 5.93. The molecule has 7 nitrogen and oxygen atoms in total. The summed E-state index contributed by atoms with van der Waals surface area (Å²) in [7, 11) is 0. The van der Waals surface area contributed by atoms with Crippen LogP contribution in [0.15, 0.2) is 10.9 Å². The van der Waals surface area contributed by atoms with Gasteiger partial charge in [-0.15, -0.1) is 0 Å². The van der Waals surface area contributed by atoms with E-state index in [0.29, 0.717) is 37.6 Å². The molecule has 0 saturated carbocycles. The maximum Gasteiger partial charge on any atom is 0.252 e. The first kappa shape index (κ1) is 12.6. The lowest BCUT2D eigenvalue weighted by Crippen LogP contribution is -2.43.